The van der Waals surface area contributed by atoms with E-state index in [2.05, 4.69) is 4.90 Å². The van der Waals surface area contributed by atoms with Gasteiger partial charge in [0.05, 0.1) is 5.97 Å². The van der Waals surface area contributed by atoms with Crippen LogP contribution in [0.3, 0.4) is 0 Å². The van der Waals surface area contributed by atoms with E-state index in [9.17, 15) is 9.90 Å². The maximum atomic E-state index is 12.1. The van der Waals surface area contributed by atoms with Gasteiger partial charge in [-0.05, 0) is 68.2 Å². The number of para-hydroxylation sites is 1. The molecule has 2 aromatic rings. The van der Waals surface area contributed by atoms with Gasteiger partial charge < -0.3 is 25.3 Å². The van der Waals surface area contributed by atoms with E-state index >= 15 is 0 Å². The molecular weight excluding hydrogens is 404 g/mol. The number of aliphatic carboxylic acids is 1. The van der Waals surface area contributed by atoms with Crippen molar-refractivity contribution in [3.8, 4) is 5.75 Å². The van der Waals surface area contributed by atoms with Crippen LogP contribution in [0.15, 0.2) is 48.5 Å². The number of benzene rings is 2. The van der Waals surface area contributed by atoms with Crippen molar-refractivity contribution in [3.05, 3.63) is 59.7 Å². The van der Waals surface area contributed by atoms with Gasteiger partial charge in [-0.2, -0.15) is 0 Å². The predicted octanol–water partition coefficient (Wildman–Crippen LogP) is 2.08. The standard InChI is InChI=1S/C22H28N4O3.ClH/c1-16-13-17(15-19(14-16)29-12-11-25-9-5-6-10-25)20(21(27)28)26(22(23)24)18-7-3-2-4-8-18;/h2-4,7-8,13-15,20H,5-6,9-12H2,1H3,(H3,23,24)(H,27,28);1H/p-1. The Morgan fingerprint density at radius 3 is 2.50 bits per heavy atom. The molecule has 3 N–H and O–H groups in total. The van der Waals surface area contributed by atoms with Crippen molar-refractivity contribution in [2.24, 2.45) is 5.73 Å². The molecule has 0 aliphatic carbocycles. The Balaban J connectivity index is 0.00000320. The summed E-state index contributed by atoms with van der Waals surface area (Å²) in [6.45, 7) is 5.45. The molecule has 1 unspecified atom stereocenters. The SMILES string of the molecule is Cc1cc(OCCN2CCCC2)cc(C(C(=O)[O-])N(C(=N)N)c2ccccc2)c1.Cl. The lowest BCUT2D eigenvalue weighted by Crippen LogP contribution is -2.47. The summed E-state index contributed by atoms with van der Waals surface area (Å²) >= 11 is 0. The zero-order chi connectivity index (χ0) is 20.8. The van der Waals surface area contributed by atoms with Gasteiger partial charge in [0.15, 0.2) is 5.96 Å². The summed E-state index contributed by atoms with van der Waals surface area (Å²) in [5, 5.41) is 20.0. The predicted molar refractivity (Wildman–Crippen MR) is 118 cm³/mol. The van der Waals surface area contributed by atoms with Gasteiger partial charge in [-0.1, -0.05) is 24.3 Å². The molecule has 30 heavy (non-hydrogen) atoms. The number of carbonyl (C=O) groups is 1. The molecule has 3 rings (SSSR count). The van der Waals surface area contributed by atoms with E-state index < -0.39 is 12.0 Å². The van der Waals surface area contributed by atoms with Crippen LogP contribution in [0.25, 0.3) is 0 Å². The molecule has 162 valence electrons. The van der Waals surface area contributed by atoms with E-state index in [0.717, 1.165) is 25.2 Å². The largest absolute Gasteiger partial charge is 0.547 e. The second kappa shape index (κ2) is 10.8. The third-order valence-electron chi connectivity index (χ3n) is 5.04. The normalized spacial score (nSPS) is 14.6. The summed E-state index contributed by atoms with van der Waals surface area (Å²) in [6.07, 6.45) is 2.45. The van der Waals surface area contributed by atoms with Crippen LogP contribution in [0.1, 0.15) is 30.0 Å². The minimum Gasteiger partial charge on any atom is -0.547 e. The van der Waals surface area contributed by atoms with E-state index in [1.165, 1.54) is 17.7 Å². The Hall–Kier alpha value is -2.77. The number of carbonyl (C=O) groups excluding carboxylic acids is 1. The Morgan fingerprint density at radius 2 is 1.90 bits per heavy atom. The number of nitrogens with two attached hydrogens (primary N) is 1. The number of nitrogens with zero attached hydrogens (tertiary/aromatic N) is 2. The maximum Gasteiger partial charge on any atom is 0.193 e. The third-order valence-corrected chi connectivity index (χ3v) is 5.04. The third kappa shape index (κ3) is 5.87. The summed E-state index contributed by atoms with van der Waals surface area (Å²) in [7, 11) is 0. The minimum absolute atomic E-state index is 0. The van der Waals surface area contributed by atoms with Crippen molar-refractivity contribution in [1.29, 1.82) is 5.41 Å². The molecule has 0 aromatic heterocycles. The molecule has 0 amide bonds. The molecule has 1 aliphatic rings. The number of halogens is 1. The van der Waals surface area contributed by atoms with Crippen LogP contribution in [0.4, 0.5) is 5.69 Å². The van der Waals surface area contributed by atoms with E-state index in [1.54, 1.807) is 36.4 Å². The van der Waals surface area contributed by atoms with Crippen LogP contribution in [-0.2, 0) is 4.79 Å². The van der Waals surface area contributed by atoms with Gasteiger partial charge >= 0.3 is 0 Å². The maximum absolute atomic E-state index is 12.1. The summed E-state index contributed by atoms with van der Waals surface area (Å²) < 4.78 is 5.91. The molecule has 1 fully saturated rings. The highest BCUT2D eigenvalue weighted by atomic mass is 35.5. The van der Waals surface area contributed by atoms with Crippen LogP contribution < -0.4 is 20.5 Å². The zero-order valence-corrected chi connectivity index (χ0v) is 17.9. The Labute approximate surface area is 183 Å². The van der Waals surface area contributed by atoms with Gasteiger partial charge in [0, 0.05) is 12.2 Å². The fraction of sp³-hybridized carbons (Fsp3) is 0.364. The van der Waals surface area contributed by atoms with Gasteiger partial charge in [-0.15, -0.1) is 12.4 Å². The number of ether oxygens (including phenoxy) is 1. The topological polar surface area (TPSA) is 106 Å². The second-order valence-electron chi connectivity index (χ2n) is 7.29. The van der Waals surface area contributed by atoms with Gasteiger partial charge in [0.25, 0.3) is 0 Å². The first kappa shape index (κ1) is 23.5. The second-order valence-corrected chi connectivity index (χ2v) is 7.29. The molecule has 0 bridgehead atoms. The van der Waals surface area contributed by atoms with E-state index in [0.29, 0.717) is 23.6 Å². The number of nitrogens with one attached hydrogen (secondary N) is 1. The number of anilines is 1. The lowest BCUT2D eigenvalue weighted by molar-refractivity contribution is -0.307. The summed E-state index contributed by atoms with van der Waals surface area (Å²) in [5.41, 5.74) is 7.58. The Morgan fingerprint density at radius 1 is 1.23 bits per heavy atom. The zero-order valence-electron chi connectivity index (χ0n) is 17.0. The highest BCUT2D eigenvalue weighted by Gasteiger charge is 2.25. The molecule has 0 saturated carbocycles. The molecule has 1 atom stereocenters. The van der Waals surface area contributed by atoms with Crippen molar-refractivity contribution in [2.75, 3.05) is 31.1 Å². The molecule has 1 aliphatic heterocycles. The van der Waals surface area contributed by atoms with Crippen LogP contribution in [-0.4, -0.2) is 43.1 Å². The number of likely N-dealkylation sites (tertiary alicyclic amines) is 1. The first-order valence-corrected chi connectivity index (χ1v) is 9.81. The summed E-state index contributed by atoms with van der Waals surface area (Å²) in [5.74, 6) is -1.11. The lowest BCUT2D eigenvalue weighted by Gasteiger charge is -2.33. The first-order valence-electron chi connectivity index (χ1n) is 9.81. The molecule has 2 aromatic carbocycles. The summed E-state index contributed by atoms with van der Waals surface area (Å²) in [4.78, 5) is 15.7. The number of hydrogen-bond acceptors (Lipinski definition) is 5. The van der Waals surface area contributed by atoms with Crippen molar-refractivity contribution >= 4 is 30.0 Å². The molecule has 0 radical (unpaired) electrons. The molecule has 7 nitrogen and oxygen atoms in total. The smallest absolute Gasteiger partial charge is 0.193 e. The first-order chi connectivity index (χ1) is 14.0. The van der Waals surface area contributed by atoms with Crippen LogP contribution in [0.5, 0.6) is 5.75 Å². The number of aryl methyl sites for hydroxylation is 1. The monoisotopic (exact) mass is 431 g/mol. The number of guanidine groups is 1. The van der Waals surface area contributed by atoms with E-state index in [1.807, 2.05) is 19.1 Å². The fourth-order valence-corrected chi connectivity index (χ4v) is 3.72. The highest BCUT2D eigenvalue weighted by Crippen LogP contribution is 2.30. The average Bonchev–Trinajstić information content (AvgIpc) is 3.19. The molecular formula is C22H28ClN4O3-. The van der Waals surface area contributed by atoms with Crippen LogP contribution >= 0.6 is 12.4 Å². The Bertz CT molecular complexity index is 857. The highest BCUT2D eigenvalue weighted by molar-refractivity contribution is 5.98. The molecule has 1 saturated heterocycles. The number of carboxylic acids is 1. The Kier molecular flexibility index (Phi) is 8.50. The number of rotatable bonds is 8. The van der Waals surface area contributed by atoms with Crippen LogP contribution in [0.2, 0.25) is 0 Å². The number of carboxylic acid groups (broad SMARTS) is 1. The van der Waals surface area contributed by atoms with Crippen molar-refractivity contribution < 1.29 is 14.6 Å². The fourth-order valence-electron chi connectivity index (χ4n) is 3.72. The lowest BCUT2D eigenvalue weighted by atomic mass is 10.0. The molecule has 1 heterocycles. The van der Waals surface area contributed by atoms with E-state index in [-0.39, 0.29) is 18.4 Å². The van der Waals surface area contributed by atoms with Crippen molar-refractivity contribution in [1.82, 2.24) is 4.90 Å². The average molecular weight is 432 g/mol. The van der Waals surface area contributed by atoms with Crippen LogP contribution in [0, 0.1) is 12.3 Å². The van der Waals surface area contributed by atoms with Crippen molar-refractivity contribution in [2.45, 2.75) is 25.8 Å². The quantitative estimate of drug-likeness (QED) is 0.489. The molecule has 8 heteroatoms. The number of hydrogen-bond donors (Lipinski definition) is 2. The minimum atomic E-state index is -1.34. The van der Waals surface area contributed by atoms with E-state index in [4.69, 9.17) is 15.9 Å². The van der Waals surface area contributed by atoms with Gasteiger partial charge in [-0.3, -0.25) is 10.3 Å². The van der Waals surface area contributed by atoms with Gasteiger partial charge in [-0.25, -0.2) is 0 Å². The van der Waals surface area contributed by atoms with Crippen molar-refractivity contribution in [3.63, 3.8) is 0 Å². The summed E-state index contributed by atoms with van der Waals surface area (Å²) in [6, 6.07) is 12.8. The molecule has 0 spiro atoms. The van der Waals surface area contributed by atoms with Gasteiger partial charge in [0.2, 0.25) is 0 Å². The van der Waals surface area contributed by atoms with Gasteiger partial charge in [0.1, 0.15) is 18.4 Å².